The lowest BCUT2D eigenvalue weighted by atomic mass is 10.2. The van der Waals surface area contributed by atoms with E-state index in [1.165, 1.54) is 5.56 Å². The summed E-state index contributed by atoms with van der Waals surface area (Å²) >= 11 is 0. The third-order valence-corrected chi connectivity index (χ3v) is 6.45. The lowest BCUT2D eigenvalue weighted by molar-refractivity contribution is 0.381. The SMILES string of the molecule is CN(Cc1ccccc1)c1ccc2nc(-c3ccccc3)oc2n1.CNc1ccc2nc(-c3ccccc3)oc2n1.O=S(=O)(O)O. The monoisotopic (exact) mass is 638 g/mol. The van der Waals surface area contributed by atoms with Gasteiger partial charge >= 0.3 is 10.4 Å². The minimum atomic E-state index is -4.67. The first-order valence-corrected chi connectivity index (χ1v) is 15.3. The van der Waals surface area contributed by atoms with Crippen molar-refractivity contribution in [2.45, 2.75) is 6.54 Å². The highest BCUT2D eigenvalue weighted by molar-refractivity contribution is 7.79. The molecule has 3 N–H and O–H groups in total. The smallest absolute Gasteiger partial charge is 0.394 e. The molecule has 13 heteroatoms. The van der Waals surface area contributed by atoms with Gasteiger partial charge in [0.2, 0.25) is 23.2 Å². The van der Waals surface area contributed by atoms with Crippen molar-refractivity contribution in [3.63, 3.8) is 0 Å². The molecule has 0 atom stereocenters. The second kappa shape index (κ2) is 14.4. The number of pyridine rings is 2. The van der Waals surface area contributed by atoms with Crippen LogP contribution >= 0.6 is 0 Å². The lowest BCUT2D eigenvalue weighted by Gasteiger charge is -2.17. The molecule has 0 saturated carbocycles. The van der Waals surface area contributed by atoms with Gasteiger partial charge in [0.25, 0.3) is 0 Å². The average Bonchev–Trinajstić information content (AvgIpc) is 3.69. The number of anilines is 2. The second-order valence-electron chi connectivity index (χ2n) is 9.82. The summed E-state index contributed by atoms with van der Waals surface area (Å²) in [5.41, 5.74) is 5.80. The molecule has 0 amide bonds. The van der Waals surface area contributed by atoms with Gasteiger partial charge in [-0.2, -0.15) is 18.4 Å². The van der Waals surface area contributed by atoms with Crippen molar-refractivity contribution in [1.29, 1.82) is 0 Å². The zero-order valence-corrected chi connectivity index (χ0v) is 25.7. The normalized spacial score (nSPS) is 10.9. The molecule has 0 saturated heterocycles. The Hall–Kier alpha value is -5.63. The van der Waals surface area contributed by atoms with Crippen LogP contribution in [0.1, 0.15) is 5.56 Å². The number of benzene rings is 3. The van der Waals surface area contributed by atoms with Gasteiger partial charge in [0.05, 0.1) is 0 Å². The molecule has 4 heterocycles. The van der Waals surface area contributed by atoms with Gasteiger partial charge in [-0.1, -0.05) is 66.7 Å². The first-order chi connectivity index (χ1) is 22.2. The van der Waals surface area contributed by atoms with E-state index in [2.05, 4.69) is 42.3 Å². The fourth-order valence-corrected chi connectivity index (χ4v) is 4.32. The topological polar surface area (TPSA) is 168 Å². The maximum absolute atomic E-state index is 8.74. The van der Waals surface area contributed by atoms with Gasteiger partial charge in [-0.05, 0) is 54.1 Å². The van der Waals surface area contributed by atoms with Crippen molar-refractivity contribution in [2.24, 2.45) is 0 Å². The van der Waals surface area contributed by atoms with Crippen LogP contribution in [0.3, 0.4) is 0 Å². The summed E-state index contributed by atoms with van der Waals surface area (Å²) in [6, 6.07) is 37.7. The van der Waals surface area contributed by atoms with E-state index >= 15 is 0 Å². The molecule has 0 aliphatic heterocycles. The van der Waals surface area contributed by atoms with E-state index in [9.17, 15) is 0 Å². The summed E-state index contributed by atoms with van der Waals surface area (Å²) in [5, 5.41) is 2.97. The summed E-state index contributed by atoms with van der Waals surface area (Å²) in [4.78, 5) is 19.9. The van der Waals surface area contributed by atoms with E-state index in [0.29, 0.717) is 23.2 Å². The van der Waals surface area contributed by atoms with E-state index in [4.69, 9.17) is 26.4 Å². The molecule has 0 radical (unpaired) electrons. The summed E-state index contributed by atoms with van der Waals surface area (Å²) < 4.78 is 43.1. The zero-order chi connectivity index (χ0) is 32.5. The molecule has 0 aliphatic carbocycles. The molecule has 7 rings (SSSR count). The van der Waals surface area contributed by atoms with Gasteiger partial charge < -0.3 is 19.1 Å². The van der Waals surface area contributed by atoms with E-state index in [1.807, 2.05) is 117 Å². The van der Waals surface area contributed by atoms with Crippen molar-refractivity contribution >= 4 is 44.5 Å². The van der Waals surface area contributed by atoms with Crippen LogP contribution in [0.25, 0.3) is 45.4 Å². The molecule has 12 nitrogen and oxygen atoms in total. The number of hydrogen-bond acceptors (Lipinski definition) is 10. The maximum Gasteiger partial charge on any atom is 0.394 e. The molecule has 234 valence electrons. The van der Waals surface area contributed by atoms with Gasteiger partial charge in [0, 0.05) is 31.8 Å². The minimum absolute atomic E-state index is 0.552. The average molecular weight is 639 g/mol. The Bertz CT molecular complexity index is 2110. The van der Waals surface area contributed by atoms with Crippen molar-refractivity contribution < 1.29 is 26.4 Å². The molecule has 4 aromatic heterocycles. The van der Waals surface area contributed by atoms with E-state index in [1.54, 1.807) is 0 Å². The second-order valence-corrected chi connectivity index (χ2v) is 10.7. The van der Waals surface area contributed by atoms with Crippen molar-refractivity contribution in [1.82, 2.24) is 19.9 Å². The minimum Gasteiger partial charge on any atom is -0.418 e. The van der Waals surface area contributed by atoms with E-state index in [-0.39, 0.29) is 0 Å². The highest BCUT2D eigenvalue weighted by Gasteiger charge is 2.12. The number of hydrogen-bond donors (Lipinski definition) is 3. The molecule has 0 aliphatic rings. The summed E-state index contributed by atoms with van der Waals surface area (Å²) in [5.74, 6) is 2.83. The van der Waals surface area contributed by atoms with Crippen LogP contribution in [0.5, 0.6) is 0 Å². The Morgan fingerprint density at radius 1 is 0.652 bits per heavy atom. The van der Waals surface area contributed by atoms with E-state index in [0.717, 1.165) is 40.3 Å². The Morgan fingerprint density at radius 3 is 1.61 bits per heavy atom. The van der Waals surface area contributed by atoms with Crippen LogP contribution in [0.2, 0.25) is 0 Å². The van der Waals surface area contributed by atoms with Crippen LogP contribution in [-0.4, -0.2) is 51.6 Å². The number of nitrogens with one attached hydrogen (secondary N) is 1. The van der Waals surface area contributed by atoms with Crippen LogP contribution < -0.4 is 10.2 Å². The number of oxazole rings is 2. The Kier molecular flexibility index (Phi) is 9.97. The number of fused-ring (bicyclic) bond motifs is 2. The maximum atomic E-state index is 8.74. The molecule has 0 fully saturated rings. The molecule has 0 unspecified atom stereocenters. The Balaban J connectivity index is 0.000000165. The van der Waals surface area contributed by atoms with Crippen LogP contribution in [0, 0.1) is 0 Å². The van der Waals surface area contributed by atoms with Crippen LogP contribution in [0.15, 0.2) is 124 Å². The molecule has 3 aromatic carbocycles. The number of aromatic nitrogens is 4. The quantitative estimate of drug-likeness (QED) is 0.163. The van der Waals surface area contributed by atoms with Crippen molar-refractivity contribution in [3.8, 4) is 22.9 Å². The molecular weight excluding hydrogens is 608 g/mol. The Morgan fingerprint density at radius 2 is 1.11 bits per heavy atom. The van der Waals surface area contributed by atoms with Crippen LogP contribution in [-0.2, 0) is 16.9 Å². The summed E-state index contributed by atoms with van der Waals surface area (Å²) in [7, 11) is -0.821. The largest absolute Gasteiger partial charge is 0.418 e. The van der Waals surface area contributed by atoms with Crippen molar-refractivity contribution in [3.05, 3.63) is 121 Å². The third-order valence-electron chi connectivity index (χ3n) is 6.45. The van der Waals surface area contributed by atoms with Crippen LogP contribution in [0.4, 0.5) is 11.6 Å². The molecule has 0 bridgehead atoms. The standard InChI is InChI=1S/C20H17N3O.C13H11N3O.H2O4S/c1-23(14-15-8-4-2-5-9-15)18-13-12-17-20(22-18)24-19(21-17)16-10-6-3-7-11-16;1-14-11-8-7-10-13(16-11)17-12(15-10)9-5-3-2-4-6-9;1-5(2,3)4/h2-13H,14H2,1H3;2-8H,1H3,(H,14,16);(H2,1,2,3,4). The number of nitrogens with zero attached hydrogens (tertiary/aromatic N) is 5. The van der Waals surface area contributed by atoms with Gasteiger partial charge in [-0.25, -0.2) is 9.97 Å². The third kappa shape index (κ3) is 8.72. The lowest BCUT2D eigenvalue weighted by Crippen LogP contribution is -2.17. The fourth-order valence-electron chi connectivity index (χ4n) is 4.32. The van der Waals surface area contributed by atoms with Gasteiger partial charge in [0.1, 0.15) is 22.7 Å². The predicted octanol–water partition coefficient (Wildman–Crippen LogP) is 6.80. The fraction of sp³-hybridized carbons (Fsp3) is 0.0909. The Labute approximate surface area is 265 Å². The first kappa shape index (κ1) is 31.8. The predicted molar refractivity (Wildman–Crippen MR) is 177 cm³/mol. The highest BCUT2D eigenvalue weighted by Crippen LogP contribution is 2.26. The summed E-state index contributed by atoms with van der Waals surface area (Å²) in [6.07, 6.45) is 0. The zero-order valence-electron chi connectivity index (χ0n) is 24.8. The van der Waals surface area contributed by atoms with Gasteiger partial charge in [0.15, 0.2) is 0 Å². The molecule has 46 heavy (non-hydrogen) atoms. The molecule has 7 aromatic rings. The van der Waals surface area contributed by atoms with Crippen molar-refractivity contribution in [2.75, 3.05) is 24.3 Å². The van der Waals surface area contributed by atoms with E-state index < -0.39 is 10.4 Å². The highest BCUT2D eigenvalue weighted by atomic mass is 32.3. The summed E-state index contributed by atoms with van der Waals surface area (Å²) in [6.45, 7) is 0.791. The number of rotatable bonds is 6. The van der Waals surface area contributed by atoms with Gasteiger partial charge in [-0.15, -0.1) is 0 Å². The molecule has 0 spiro atoms. The first-order valence-electron chi connectivity index (χ1n) is 13.9. The molecular formula is C33H30N6O6S. The van der Waals surface area contributed by atoms with Gasteiger partial charge in [-0.3, -0.25) is 9.11 Å².